The predicted molar refractivity (Wildman–Crippen MR) is 109 cm³/mol. The van der Waals surface area contributed by atoms with E-state index in [-0.39, 0.29) is 5.91 Å². The van der Waals surface area contributed by atoms with Gasteiger partial charge < -0.3 is 19.5 Å². The first-order valence-corrected chi connectivity index (χ1v) is 9.05. The van der Waals surface area contributed by atoms with Crippen molar-refractivity contribution in [2.45, 2.75) is 20.8 Å². The topological polar surface area (TPSA) is 56.8 Å². The lowest BCUT2D eigenvalue weighted by atomic mass is 10.2. The normalized spacial score (nSPS) is 10.9. The van der Waals surface area contributed by atoms with Crippen LogP contribution in [0.1, 0.15) is 26.3 Å². The second-order valence-electron chi connectivity index (χ2n) is 6.37. The number of amides is 1. The van der Waals surface area contributed by atoms with Gasteiger partial charge in [0.1, 0.15) is 5.75 Å². The van der Waals surface area contributed by atoms with Crippen LogP contribution < -0.4 is 19.5 Å². The zero-order valence-corrected chi connectivity index (χ0v) is 16.3. The molecule has 0 aromatic heterocycles. The maximum absolute atomic E-state index is 12.3. The number of benzene rings is 2. The summed E-state index contributed by atoms with van der Waals surface area (Å²) in [7, 11) is 1.60. The molecular formula is C22H27NO4. The summed E-state index contributed by atoms with van der Waals surface area (Å²) in [4.78, 5) is 12.3. The first kappa shape index (κ1) is 20.4. The van der Waals surface area contributed by atoms with Crippen LogP contribution in [0.2, 0.25) is 0 Å². The van der Waals surface area contributed by atoms with Gasteiger partial charge >= 0.3 is 0 Å². The number of para-hydroxylation sites is 2. The van der Waals surface area contributed by atoms with E-state index in [9.17, 15) is 4.79 Å². The van der Waals surface area contributed by atoms with Crippen molar-refractivity contribution >= 4 is 17.7 Å². The van der Waals surface area contributed by atoms with Gasteiger partial charge in [0.05, 0.1) is 26.0 Å². The molecule has 144 valence electrons. The van der Waals surface area contributed by atoms with Crippen molar-refractivity contribution in [3.05, 3.63) is 54.1 Å². The SMILES string of the molecule is CCOc1cc(C=CC(=O)Nc2ccccc2OCC(C)C)ccc1OC. The molecular weight excluding hydrogens is 342 g/mol. The van der Waals surface area contributed by atoms with E-state index in [1.807, 2.05) is 49.4 Å². The Hall–Kier alpha value is -2.95. The molecule has 0 aliphatic heterocycles. The van der Waals surface area contributed by atoms with E-state index in [0.717, 1.165) is 5.56 Å². The van der Waals surface area contributed by atoms with E-state index in [0.29, 0.717) is 42.1 Å². The molecule has 5 nitrogen and oxygen atoms in total. The first-order chi connectivity index (χ1) is 13.0. The van der Waals surface area contributed by atoms with Gasteiger partial charge in [0.25, 0.3) is 0 Å². The van der Waals surface area contributed by atoms with Gasteiger partial charge in [0.2, 0.25) is 5.91 Å². The van der Waals surface area contributed by atoms with Crippen LogP contribution in [-0.4, -0.2) is 26.2 Å². The first-order valence-electron chi connectivity index (χ1n) is 9.05. The largest absolute Gasteiger partial charge is 0.493 e. The fourth-order valence-corrected chi connectivity index (χ4v) is 2.36. The summed E-state index contributed by atoms with van der Waals surface area (Å²) in [5.41, 5.74) is 1.50. The van der Waals surface area contributed by atoms with E-state index in [4.69, 9.17) is 14.2 Å². The fraction of sp³-hybridized carbons (Fsp3) is 0.318. The minimum Gasteiger partial charge on any atom is -0.493 e. The molecule has 0 bridgehead atoms. The van der Waals surface area contributed by atoms with Crippen molar-refractivity contribution < 1.29 is 19.0 Å². The van der Waals surface area contributed by atoms with Gasteiger partial charge in [-0.1, -0.05) is 32.0 Å². The van der Waals surface area contributed by atoms with Crippen LogP contribution in [0.3, 0.4) is 0 Å². The van der Waals surface area contributed by atoms with Crippen LogP contribution in [0.25, 0.3) is 6.08 Å². The summed E-state index contributed by atoms with van der Waals surface area (Å²) in [6.07, 6.45) is 3.21. The zero-order valence-electron chi connectivity index (χ0n) is 16.3. The summed E-state index contributed by atoms with van der Waals surface area (Å²) in [6, 6.07) is 12.9. The van der Waals surface area contributed by atoms with Gasteiger partial charge in [-0.2, -0.15) is 0 Å². The molecule has 0 atom stereocenters. The molecule has 1 N–H and O–H groups in total. The van der Waals surface area contributed by atoms with E-state index >= 15 is 0 Å². The summed E-state index contributed by atoms with van der Waals surface area (Å²) in [5, 5.41) is 2.86. The Balaban J connectivity index is 2.06. The molecule has 0 unspecified atom stereocenters. The molecule has 5 heteroatoms. The quantitative estimate of drug-likeness (QED) is 0.646. The highest BCUT2D eigenvalue weighted by atomic mass is 16.5. The third-order valence-corrected chi connectivity index (χ3v) is 3.63. The summed E-state index contributed by atoms with van der Waals surface area (Å²) < 4.78 is 16.6. The van der Waals surface area contributed by atoms with Crippen LogP contribution in [0.4, 0.5) is 5.69 Å². The minimum atomic E-state index is -0.232. The average Bonchev–Trinajstić information content (AvgIpc) is 2.66. The highest BCUT2D eigenvalue weighted by Crippen LogP contribution is 2.28. The molecule has 27 heavy (non-hydrogen) atoms. The van der Waals surface area contributed by atoms with Crippen molar-refractivity contribution in [3.63, 3.8) is 0 Å². The Bertz CT molecular complexity index is 784. The standard InChI is InChI=1S/C22H27NO4/c1-5-26-21-14-17(10-12-20(21)25-4)11-13-22(24)23-18-8-6-7-9-19(18)27-15-16(2)3/h6-14,16H,5,15H2,1-4H3,(H,23,24). The average molecular weight is 369 g/mol. The van der Waals surface area contributed by atoms with Crippen molar-refractivity contribution in [2.75, 3.05) is 25.6 Å². The third kappa shape index (κ3) is 6.37. The Labute approximate surface area is 161 Å². The third-order valence-electron chi connectivity index (χ3n) is 3.63. The number of rotatable bonds is 9. The molecule has 2 rings (SSSR count). The van der Waals surface area contributed by atoms with Crippen LogP contribution in [0, 0.1) is 5.92 Å². The minimum absolute atomic E-state index is 0.232. The highest BCUT2D eigenvalue weighted by Gasteiger charge is 2.07. The second kappa shape index (κ2) is 10.3. The van der Waals surface area contributed by atoms with Crippen molar-refractivity contribution in [1.82, 2.24) is 0 Å². The van der Waals surface area contributed by atoms with Gasteiger partial charge in [-0.15, -0.1) is 0 Å². The molecule has 1 amide bonds. The molecule has 2 aromatic rings. The van der Waals surface area contributed by atoms with Gasteiger partial charge in [-0.05, 0) is 48.7 Å². The van der Waals surface area contributed by atoms with E-state index in [2.05, 4.69) is 19.2 Å². The number of carbonyl (C=O) groups is 1. The highest BCUT2D eigenvalue weighted by molar-refractivity contribution is 6.02. The Kier molecular flexibility index (Phi) is 7.74. The van der Waals surface area contributed by atoms with Crippen LogP contribution in [0.15, 0.2) is 48.5 Å². The van der Waals surface area contributed by atoms with Crippen LogP contribution in [-0.2, 0) is 4.79 Å². The van der Waals surface area contributed by atoms with E-state index < -0.39 is 0 Å². The molecule has 0 spiro atoms. The number of nitrogens with one attached hydrogen (secondary N) is 1. The van der Waals surface area contributed by atoms with Gasteiger partial charge in [0, 0.05) is 6.08 Å². The number of hydrogen-bond acceptors (Lipinski definition) is 4. The van der Waals surface area contributed by atoms with Gasteiger partial charge in [0.15, 0.2) is 11.5 Å². The fourth-order valence-electron chi connectivity index (χ4n) is 2.36. The number of hydrogen-bond donors (Lipinski definition) is 1. The second-order valence-corrected chi connectivity index (χ2v) is 6.37. The van der Waals surface area contributed by atoms with E-state index in [1.54, 1.807) is 13.2 Å². The molecule has 0 fully saturated rings. The number of anilines is 1. The monoisotopic (exact) mass is 369 g/mol. The van der Waals surface area contributed by atoms with Gasteiger partial charge in [-0.25, -0.2) is 0 Å². The summed E-state index contributed by atoms with van der Waals surface area (Å²) in [5.74, 6) is 2.15. The molecule has 0 heterocycles. The number of ether oxygens (including phenoxy) is 3. The Morgan fingerprint density at radius 3 is 2.56 bits per heavy atom. The number of methoxy groups -OCH3 is 1. The molecule has 0 saturated carbocycles. The lowest BCUT2D eigenvalue weighted by molar-refractivity contribution is -0.111. The Morgan fingerprint density at radius 1 is 1.07 bits per heavy atom. The molecule has 0 saturated heterocycles. The molecule has 0 radical (unpaired) electrons. The van der Waals surface area contributed by atoms with Crippen molar-refractivity contribution in [1.29, 1.82) is 0 Å². The summed E-state index contributed by atoms with van der Waals surface area (Å²) >= 11 is 0. The van der Waals surface area contributed by atoms with E-state index in [1.165, 1.54) is 6.08 Å². The molecule has 0 aliphatic rings. The molecule has 2 aromatic carbocycles. The lowest BCUT2D eigenvalue weighted by Gasteiger charge is -2.13. The van der Waals surface area contributed by atoms with Crippen molar-refractivity contribution in [3.8, 4) is 17.2 Å². The van der Waals surface area contributed by atoms with Crippen LogP contribution in [0.5, 0.6) is 17.2 Å². The lowest BCUT2D eigenvalue weighted by Crippen LogP contribution is -2.11. The van der Waals surface area contributed by atoms with Crippen LogP contribution >= 0.6 is 0 Å². The maximum Gasteiger partial charge on any atom is 0.248 e. The zero-order chi connectivity index (χ0) is 19.6. The predicted octanol–water partition coefficient (Wildman–Crippen LogP) is 4.78. The maximum atomic E-state index is 12.3. The van der Waals surface area contributed by atoms with Crippen molar-refractivity contribution in [2.24, 2.45) is 5.92 Å². The Morgan fingerprint density at radius 2 is 1.85 bits per heavy atom. The smallest absolute Gasteiger partial charge is 0.248 e. The van der Waals surface area contributed by atoms with Gasteiger partial charge in [-0.3, -0.25) is 4.79 Å². The number of carbonyl (C=O) groups excluding carboxylic acids is 1. The molecule has 0 aliphatic carbocycles. The summed E-state index contributed by atoms with van der Waals surface area (Å²) in [6.45, 7) is 7.20.